The molecule has 11 nitrogen and oxygen atoms in total. The summed E-state index contributed by atoms with van der Waals surface area (Å²) in [7, 11) is 1.25. The number of benzene rings is 1. The van der Waals surface area contributed by atoms with E-state index in [9.17, 15) is 24.0 Å². The fourth-order valence-electron chi connectivity index (χ4n) is 6.41. The van der Waals surface area contributed by atoms with Gasteiger partial charge in [-0.05, 0) is 37.3 Å². The van der Waals surface area contributed by atoms with Gasteiger partial charge in [-0.3, -0.25) is 19.2 Å². The Balaban J connectivity index is 1.23. The molecule has 1 fully saturated rings. The third-order valence-corrected chi connectivity index (χ3v) is 9.32. The largest absolute Gasteiger partial charge is 0.467 e. The van der Waals surface area contributed by atoms with Gasteiger partial charge >= 0.3 is 5.97 Å². The molecular formula is C38H59N5O6. The number of unbranched alkanes of at least 4 members (excludes halogenated alkanes) is 13. The fourth-order valence-corrected chi connectivity index (χ4v) is 6.41. The summed E-state index contributed by atoms with van der Waals surface area (Å²) in [6, 6.07) is 4.94. The van der Waals surface area contributed by atoms with E-state index >= 15 is 0 Å². The molecule has 1 saturated heterocycles. The lowest BCUT2D eigenvalue weighted by Gasteiger charge is -2.29. The molecule has 5 N–H and O–H groups in total. The van der Waals surface area contributed by atoms with Crippen molar-refractivity contribution in [3.05, 3.63) is 36.0 Å². The van der Waals surface area contributed by atoms with Crippen molar-refractivity contribution in [2.45, 2.75) is 147 Å². The molecule has 272 valence electrons. The van der Waals surface area contributed by atoms with Crippen LogP contribution in [-0.4, -0.2) is 66.4 Å². The van der Waals surface area contributed by atoms with E-state index in [4.69, 9.17) is 4.74 Å². The van der Waals surface area contributed by atoms with Gasteiger partial charge in [-0.15, -0.1) is 0 Å². The van der Waals surface area contributed by atoms with Crippen LogP contribution in [-0.2, 0) is 35.1 Å². The SMILES string of the molecule is CCCCCCCCCCCCCCCC(=O)NCCCC[C@@H]1NC(=O)[C@H](CC(=O)N[C@H](Cc2c[nH]c3ccccc23)C(=O)OC)NC1=O. The molecule has 1 aliphatic rings. The average molecular weight is 682 g/mol. The van der Waals surface area contributed by atoms with E-state index in [-0.39, 0.29) is 24.7 Å². The normalized spacial score (nSPS) is 16.5. The number of hydrogen-bond donors (Lipinski definition) is 5. The number of nitrogens with one attached hydrogen (secondary N) is 5. The molecule has 2 aromatic rings. The summed E-state index contributed by atoms with van der Waals surface area (Å²) in [5.74, 6) is -1.90. The number of rotatable bonds is 25. The van der Waals surface area contributed by atoms with Crippen LogP contribution >= 0.6 is 0 Å². The van der Waals surface area contributed by atoms with E-state index in [1.165, 1.54) is 77.7 Å². The van der Waals surface area contributed by atoms with Crippen LogP contribution in [0.4, 0.5) is 0 Å². The highest BCUT2D eigenvalue weighted by Gasteiger charge is 2.35. The zero-order chi connectivity index (χ0) is 35.3. The molecule has 3 atom stereocenters. The van der Waals surface area contributed by atoms with Crippen molar-refractivity contribution >= 4 is 40.5 Å². The first-order valence-electron chi connectivity index (χ1n) is 18.6. The van der Waals surface area contributed by atoms with Gasteiger partial charge < -0.3 is 31.0 Å². The summed E-state index contributed by atoms with van der Waals surface area (Å²) >= 11 is 0. The molecular weight excluding hydrogens is 622 g/mol. The predicted molar refractivity (Wildman–Crippen MR) is 192 cm³/mol. The molecule has 0 unspecified atom stereocenters. The lowest BCUT2D eigenvalue weighted by Crippen LogP contribution is -2.62. The Hall–Kier alpha value is -3.89. The van der Waals surface area contributed by atoms with Crippen molar-refractivity contribution in [3.8, 4) is 0 Å². The highest BCUT2D eigenvalue weighted by atomic mass is 16.5. The predicted octanol–water partition coefficient (Wildman–Crippen LogP) is 5.51. The Kier molecular flexibility index (Phi) is 18.3. The topological polar surface area (TPSA) is 158 Å². The van der Waals surface area contributed by atoms with Gasteiger partial charge in [-0.1, -0.05) is 102 Å². The van der Waals surface area contributed by atoms with Gasteiger partial charge in [0.1, 0.15) is 18.1 Å². The molecule has 0 saturated carbocycles. The van der Waals surface area contributed by atoms with Crippen LogP contribution in [0.3, 0.4) is 0 Å². The van der Waals surface area contributed by atoms with Gasteiger partial charge in [0, 0.05) is 36.5 Å². The second-order valence-electron chi connectivity index (χ2n) is 13.4. The molecule has 1 aliphatic heterocycles. The van der Waals surface area contributed by atoms with Crippen LogP contribution < -0.4 is 21.3 Å². The number of hydrogen-bond acceptors (Lipinski definition) is 6. The van der Waals surface area contributed by atoms with Gasteiger partial charge in [-0.2, -0.15) is 0 Å². The minimum Gasteiger partial charge on any atom is -0.467 e. The molecule has 11 heteroatoms. The van der Waals surface area contributed by atoms with E-state index in [0.29, 0.717) is 32.2 Å². The van der Waals surface area contributed by atoms with Crippen LogP contribution in [0.25, 0.3) is 10.9 Å². The molecule has 0 spiro atoms. The second kappa shape index (κ2) is 22.7. The number of carbonyl (C=O) groups is 5. The molecule has 0 radical (unpaired) electrons. The molecule has 3 rings (SSSR count). The van der Waals surface area contributed by atoms with Gasteiger partial charge in [0.2, 0.25) is 23.6 Å². The first-order valence-corrected chi connectivity index (χ1v) is 18.6. The number of carbonyl (C=O) groups excluding carboxylic acids is 5. The summed E-state index contributed by atoms with van der Waals surface area (Å²) in [6.45, 7) is 2.78. The standard InChI is InChI=1S/C38H59N5O6/c1-3-4-5-6-7-8-9-10-11-12-13-14-15-23-34(44)39-24-19-18-22-31-36(46)43-32(37(47)42-31)26-35(45)41-33(38(48)49-2)25-28-27-40-30-21-17-16-20-29(28)30/h16-17,20-21,27,31-33,40H,3-15,18-19,22-26H2,1-2H3,(H,39,44)(H,41,45)(H,42,47)(H,43,46)/t31-,32-,33+/m0/s1. The minimum absolute atomic E-state index is 0.0591. The number of amides is 4. The lowest BCUT2D eigenvalue weighted by molar-refractivity contribution is -0.145. The Bertz CT molecular complexity index is 1330. The highest BCUT2D eigenvalue weighted by molar-refractivity contribution is 5.99. The number of fused-ring (bicyclic) bond motifs is 1. The van der Waals surface area contributed by atoms with Crippen molar-refractivity contribution in [1.29, 1.82) is 0 Å². The Morgan fingerprint density at radius 2 is 1.39 bits per heavy atom. The monoisotopic (exact) mass is 681 g/mol. The number of piperazine rings is 1. The first-order chi connectivity index (χ1) is 23.8. The summed E-state index contributed by atoms with van der Waals surface area (Å²) in [6.07, 6.45) is 20.6. The molecule has 1 aromatic carbocycles. The number of esters is 1. The summed E-state index contributed by atoms with van der Waals surface area (Å²) < 4.78 is 4.90. The third kappa shape index (κ3) is 14.6. The van der Waals surface area contributed by atoms with Crippen LogP contribution in [0.2, 0.25) is 0 Å². The molecule has 4 amide bonds. The maximum absolute atomic E-state index is 12.9. The zero-order valence-corrected chi connectivity index (χ0v) is 29.7. The van der Waals surface area contributed by atoms with Crippen molar-refractivity contribution in [3.63, 3.8) is 0 Å². The summed E-state index contributed by atoms with van der Waals surface area (Å²) in [5, 5.41) is 11.9. The van der Waals surface area contributed by atoms with Gasteiger partial charge in [0.15, 0.2) is 0 Å². The van der Waals surface area contributed by atoms with E-state index in [1.54, 1.807) is 6.20 Å². The Morgan fingerprint density at radius 1 is 0.776 bits per heavy atom. The van der Waals surface area contributed by atoms with Crippen molar-refractivity contribution in [2.24, 2.45) is 0 Å². The van der Waals surface area contributed by atoms with Crippen LogP contribution in [0.1, 0.15) is 128 Å². The number of methoxy groups -OCH3 is 1. The molecule has 0 aliphatic carbocycles. The number of aromatic amines is 1. The van der Waals surface area contributed by atoms with Crippen LogP contribution in [0.15, 0.2) is 30.5 Å². The summed E-state index contributed by atoms with van der Waals surface area (Å²) in [4.78, 5) is 66.1. The van der Waals surface area contributed by atoms with E-state index in [2.05, 4.69) is 33.2 Å². The van der Waals surface area contributed by atoms with E-state index in [1.807, 2.05) is 24.3 Å². The first kappa shape index (κ1) is 39.5. The number of para-hydroxylation sites is 1. The number of ether oxygens (including phenoxy) is 1. The molecule has 0 bridgehead atoms. The van der Waals surface area contributed by atoms with Crippen molar-refractivity contribution in [2.75, 3.05) is 13.7 Å². The zero-order valence-electron chi connectivity index (χ0n) is 29.7. The van der Waals surface area contributed by atoms with E-state index in [0.717, 1.165) is 29.3 Å². The Labute approximate surface area is 291 Å². The number of H-pyrrole nitrogens is 1. The molecule has 2 heterocycles. The van der Waals surface area contributed by atoms with Crippen LogP contribution in [0, 0.1) is 0 Å². The second-order valence-corrected chi connectivity index (χ2v) is 13.4. The summed E-state index contributed by atoms with van der Waals surface area (Å²) in [5.41, 5.74) is 1.75. The number of aromatic nitrogens is 1. The minimum atomic E-state index is -1.04. The molecule has 1 aromatic heterocycles. The van der Waals surface area contributed by atoms with Gasteiger partial charge in [-0.25, -0.2) is 4.79 Å². The lowest BCUT2D eigenvalue weighted by atomic mass is 10.0. The maximum atomic E-state index is 12.9. The fraction of sp³-hybridized carbons (Fsp3) is 0.658. The molecule has 49 heavy (non-hydrogen) atoms. The van der Waals surface area contributed by atoms with Crippen molar-refractivity contribution in [1.82, 2.24) is 26.3 Å². The van der Waals surface area contributed by atoms with Crippen LogP contribution in [0.5, 0.6) is 0 Å². The van der Waals surface area contributed by atoms with Gasteiger partial charge in [0.05, 0.1) is 13.5 Å². The smallest absolute Gasteiger partial charge is 0.328 e. The van der Waals surface area contributed by atoms with Gasteiger partial charge in [0.25, 0.3) is 0 Å². The third-order valence-electron chi connectivity index (χ3n) is 9.32. The maximum Gasteiger partial charge on any atom is 0.328 e. The quantitative estimate of drug-likeness (QED) is 0.0687. The highest BCUT2D eigenvalue weighted by Crippen LogP contribution is 2.20. The average Bonchev–Trinajstić information content (AvgIpc) is 3.50. The van der Waals surface area contributed by atoms with Crippen molar-refractivity contribution < 1.29 is 28.7 Å². The Morgan fingerprint density at radius 3 is 2.06 bits per heavy atom. The van der Waals surface area contributed by atoms with E-state index < -0.39 is 35.9 Å².